The summed E-state index contributed by atoms with van der Waals surface area (Å²) in [5.41, 5.74) is 1.86. The molecule has 9 nitrogen and oxygen atoms in total. The third-order valence-electron chi connectivity index (χ3n) is 4.43. The summed E-state index contributed by atoms with van der Waals surface area (Å²) in [5, 5.41) is 12.1. The second-order valence-corrected chi connectivity index (χ2v) is 7.38. The number of hydrogen-bond acceptors (Lipinski definition) is 8. The minimum atomic E-state index is -0.0931. The van der Waals surface area contributed by atoms with Crippen molar-refractivity contribution in [3.8, 4) is 22.9 Å². The number of methoxy groups -OCH3 is 1. The first-order valence-corrected chi connectivity index (χ1v) is 10.3. The van der Waals surface area contributed by atoms with E-state index in [1.807, 2.05) is 34.9 Å². The molecule has 0 spiro atoms. The highest BCUT2D eigenvalue weighted by molar-refractivity contribution is 7.99. The zero-order chi connectivity index (χ0) is 20.8. The van der Waals surface area contributed by atoms with Crippen LogP contribution in [0, 0.1) is 0 Å². The van der Waals surface area contributed by atoms with Crippen molar-refractivity contribution < 1.29 is 19.0 Å². The molecule has 1 N–H and O–H groups in total. The number of pyridine rings is 1. The van der Waals surface area contributed by atoms with Gasteiger partial charge in [-0.05, 0) is 29.8 Å². The molecule has 0 bridgehead atoms. The Morgan fingerprint density at radius 1 is 1.20 bits per heavy atom. The van der Waals surface area contributed by atoms with Gasteiger partial charge in [0, 0.05) is 31.6 Å². The van der Waals surface area contributed by atoms with Gasteiger partial charge in [-0.15, -0.1) is 10.2 Å². The van der Waals surface area contributed by atoms with Gasteiger partial charge >= 0.3 is 0 Å². The molecule has 0 unspecified atom stereocenters. The predicted octanol–water partition coefficient (Wildman–Crippen LogP) is 2.12. The van der Waals surface area contributed by atoms with Crippen LogP contribution in [0.1, 0.15) is 5.56 Å². The van der Waals surface area contributed by atoms with Crippen molar-refractivity contribution in [3.05, 3.63) is 48.3 Å². The molecule has 2 aromatic heterocycles. The van der Waals surface area contributed by atoms with Gasteiger partial charge in [-0.3, -0.25) is 14.3 Å². The lowest BCUT2D eigenvalue weighted by Crippen LogP contribution is -2.24. The van der Waals surface area contributed by atoms with E-state index < -0.39 is 0 Å². The lowest BCUT2D eigenvalue weighted by Gasteiger charge is -2.10. The van der Waals surface area contributed by atoms with E-state index in [-0.39, 0.29) is 18.5 Å². The number of ether oxygens (including phenoxy) is 3. The van der Waals surface area contributed by atoms with Gasteiger partial charge in [-0.1, -0.05) is 17.8 Å². The van der Waals surface area contributed by atoms with Crippen LogP contribution in [0.3, 0.4) is 0 Å². The summed E-state index contributed by atoms with van der Waals surface area (Å²) < 4.78 is 17.8. The van der Waals surface area contributed by atoms with Gasteiger partial charge in [0.25, 0.3) is 0 Å². The van der Waals surface area contributed by atoms with Gasteiger partial charge in [-0.2, -0.15) is 0 Å². The molecule has 156 valence electrons. The standard InChI is InChI=1S/C20H21N5O4S/c1-27-9-8-25-19(15-4-6-21-7-5-15)23-24-20(25)30-12-18(26)22-11-14-2-3-16-17(10-14)29-13-28-16/h2-7,10H,8-9,11-13H2,1H3,(H,22,26). The summed E-state index contributed by atoms with van der Waals surface area (Å²) in [6.07, 6.45) is 3.42. The highest BCUT2D eigenvalue weighted by atomic mass is 32.2. The SMILES string of the molecule is COCCn1c(SCC(=O)NCc2ccc3c(c2)OCO3)nnc1-c1ccncc1. The summed E-state index contributed by atoms with van der Waals surface area (Å²) >= 11 is 1.34. The van der Waals surface area contributed by atoms with Crippen LogP contribution in [0.2, 0.25) is 0 Å². The number of nitrogens with zero attached hydrogens (tertiary/aromatic N) is 4. The molecular weight excluding hydrogens is 406 g/mol. The lowest BCUT2D eigenvalue weighted by molar-refractivity contribution is -0.118. The normalized spacial score (nSPS) is 12.2. The average Bonchev–Trinajstić information content (AvgIpc) is 3.41. The smallest absolute Gasteiger partial charge is 0.231 e. The van der Waals surface area contributed by atoms with E-state index in [1.54, 1.807) is 19.5 Å². The van der Waals surface area contributed by atoms with E-state index in [0.717, 1.165) is 22.7 Å². The number of amides is 1. The Hall–Kier alpha value is -3.11. The maximum Gasteiger partial charge on any atom is 0.231 e. The van der Waals surface area contributed by atoms with Crippen LogP contribution in [0.5, 0.6) is 11.5 Å². The minimum Gasteiger partial charge on any atom is -0.454 e. The van der Waals surface area contributed by atoms with Gasteiger partial charge < -0.3 is 19.5 Å². The zero-order valence-electron chi connectivity index (χ0n) is 16.4. The molecule has 0 fully saturated rings. The molecule has 1 aromatic carbocycles. The molecule has 10 heteroatoms. The molecule has 0 radical (unpaired) electrons. The molecule has 0 saturated heterocycles. The Morgan fingerprint density at radius 3 is 2.87 bits per heavy atom. The van der Waals surface area contributed by atoms with Crippen LogP contribution in [0.4, 0.5) is 0 Å². The topological polar surface area (TPSA) is 100 Å². The van der Waals surface area contributed by atoms with E-state index in [1.165, 1.54) is 11.8 Å². The summed E-state index contributed by atoms with van der Waals surface area (Å²) in [5.74, 6) is 2.28. The molecule has 1 aliphatic rings. The summed E-state index contributed by atoms with van der Waals surface area (Å²) in [4.78, 5) is 16.4. The van der Waals surface area contributed by atoms with Crippen LogP contribution in [0.15, 0.2) is 47.9 Å². The minimum absolute atomic E-state index is 0.0931. The van der Waals surface area contributed by atoms with Crippen molar-refractivity contribution in [1.82, 2.24) is 25.1 Å². The van der Waals surface area contributed by atoms with Gasteiger partial charge in [-0.25, -0.2) is 0 Å². The quantitative estimate of drug-likeness (QED) is 0.519. The fraction of sp³-hybridized carbons (Fsp3) is 0.300. The number of aromatic nitrogens is 4. The molecule has 0 saturated carbocycles. The number of hydrogen-bond donors (Lipinski definition) is 1. The van der Waals surface area contributed by atoms with Gasteiger partial charge in [0.1, 0.15) is 0 Å². The Balaban J connectivity index is 1.36. The Bertz CT molecular complexity index is 1010. The average molecular weight is 427 g/mol. The van der Waals surface area contributed by atoms with Crippen LogP contribution < -0.4 is 14.8 Å². The molecule has 1 aliphatic heterocycles. The fourth-order valence-electron chi connectivity index (χ4n) is 2.93. The number of nitrogens with one attached hydrogen (secondary N) is 1. The van der Waals surface area contributed by atoms with Crippen molar-refractivity contribution in [2.45, 2.75) is 18.2 Å². The van der Waals surface area contributed by atoms with Gasteiger partial charge in [0.2, 0.25) is 12.7 Å². The fourth-order valence-corrected chi connectivity index (χ4v) is 3.72. The predicted molar refractivity (Wildman–Crippen MR) is 110 cm³/mol. The molecule has 30 heavy (non-hydrogen) atoms. The van der Waals surface area contributed by atoms with E-state index in [4.69, 9.17) is 14.2 Å². The molecule has 0 aliphatic carbocycles. The maximum atomic E-state index is 12.3. The highest BCUT2D eigenvalue weighted by Crippen LogP contribution is 2.32. The molecule has 0 atom stereocenters. The summed E-state index contributed by atoms with van der Waals surface area (Å²) in [6.45, 7) is 1.74. The van der Waals surface area contributed by atoms with E-state index in [9.17, 15) is 4.79 Å². The van der Waals surface area contributed by atoms with E-state index in [2.05, 4.69) is 20.5 Å². The van der Waals surface area contributed by atoms with Crippen molar-refractivity contribution in [1.29, 1.82) is 0 Å². The molecular formula is C20H21N5O4S. The second kappa shape index (κ2) is 9.59. The van der Waals surface area contributed by atoms with Crippen LogP contribution in [-0.4, -0.2) is 51.9 Å². The molecule has 3 aromatic rings. The lowest BCUT2D eigenvalue weighted by atomic mass is 10.2. The number of fused-ring (bicyclic) bond motifs is 1. The number of carbonyl (C=O) groups excluding carboxylic acids is 1. The molecule has 1 amide bonds. The Kier molecular flexibility index (Phi) is 6.45. The summed E-state index contributed by atoms with van der Waals surface area (Å²) in [7, 11) is 1.65. The van der Waals surface area contributed by atoms with Gasteiger partial charge in [0.15, 0.2) is 22.5 Å². The first-order valence-electron chi connectivity index (χ1n) is 9.35. The van der Waals surface area contributed by atoms with Crippen LogP contribution >= 0.6 is 11.8 Å². The molecule has 4 rings (SSSR count). The highest BCUT2D eigenvalue weighted by Gasteiger charge is 2.16. The van der Waals surface area contributed by atoms with E-state index in [0.29, 0.717) is 30.6 Å². The maximum absolute atomic E-state index is 12.3. The zero-order valence-corrected chi connectivity index (χ0v) is 17.2. The Morgan fingerprint density at radius 2 is 2.03 bits per heavy atom. The first-order chi connectivity index (χ1) is 14.7. The van der Waals surface area contributed by atoms with Crippen molar-refractivity contribution >= 4 is 17.7 Å². The Labute approximate surface area is 177 Å². The number of benzene rings is 1. The van der Waals surface area contributed by atoms with Crippen molar-refractivity contribution in [3.63, 3.8) is 0 Å². The van der Waals surface area contributed by atoms with Crippen molar-refractivity contribution in [2.75, 3.05) is 26.3 Å². The van der Waals surface area contributed by atoms with Crippen LogP contribution in [-0.2, 0) is 22.6 Å². The van der Waals surface area contributed by atoms with Crippen LogP contribution in [0.25, 0.3) is 11.4 Å². The largest absolute Gasteiger partial charge is 0.454 e. The third-order valence-corrected chi connectivity index (χ3v) is 5.40. The monoisotopic (exact) mass is 427 g/mol. The van der Waals surface area contributed by atoms with Crippen molar-refractivity contribution in [2.24, 2.45) is 0 Å². The molecule has 3 heterocycles. The number of rotatable bonds is 9. The third kappa shape index (κ3) is 4.71. The number of thioether (sulfide) groups is 1. The number of carbonyl (C=O) groups is 1. The first kappa shape index (κ1) is 20.2. The van der Waals surface area contributed by atoms with E-state index >= 15 is 0 Å². The van der Waals surface area contributed by atoms with Gasteiger partial charge in [0.05, 0.1) is 18.9 Å². The second-order valence-electron chi connectivity index (χ2n) is 6.44. The summed E-state index contributed by atoms with van der Waals surface area (Å²) in [6, 6.07) is 9.37.